The molecule has 2 heterocycles. The predicted octanol–water partition coefficient (Wildman–Crippen LogP) is 2.28. The van der Waals surface area contributed by atoms with Crippen LogP contribution in [0.1, 0.15) is 37.4 Å². The Balaban J connectivity index is 1.72. The predicted molar refractivity (Wildman–Crippen MR) is 78.5 cm³/mol. The highest BCUT2D eigenvalue weighted by atomic mass is 32.2. The van der Waals surface area contributed by atoms with E-state index >= 15 is 0 Å². The van der Waals surface area contributed by atoms with Gasteiger partial charge in [0.05, 0.1) is 45.1 Å². The molecule has 106 valence electrons. The molecule has 0 bridgehead atoms. The lowest BCUT2D eigenvalue weighted by Crippen LogP contribution is -2.07. The fourth-order valence-electron chi connectivity index (χ4n) is 2.64. The summed E-state index contributed by atoms with van der Waals surface area (Å²) in [6, 6.07) is 4.18. The molecule has 1 saturated carbocycles. The molecule has 1 atom stereocenters. The molecule has 2 aromatic rings. The van der Waals surface area contributed by atoms with Crippen LogP contribution < -0.4 is 5.73 Å². The molecule has 0 aromatic carbocycles. The number of nitrogens with two attached hydrogens (primary N) is 1. The summed E-state index contributed by atoms with van der Waals surface area (Å²) in [4.78, 5) is 4.55. The van der Waals surface area contributed by atoms with E-state index < -0.39 is 10.8 Å². The summed E-state index contributed by atoms with van der Waals surface area (Å²) in [5, 5.41) is 4.55. The minimum Gasteiger partial charge on any atom is -0.396 e. The zero-order valence-corrected chi connectivity index (χ0v) is 12.1. The van der Waals surface area contributed by atoms with Crippen molar-refractivity contribution in [1.82, 2.24) is 14.8 Å². The van der Waals surface area contributed by atoms with Crippen LogP contribution in [-0.4, -0.2) is 19.0 Å². The second-order valence-electron chi connectivity index (χ2n) is 5.13. The van der Waals surface area contributed by atoms with Gasteiger partial charge in [0.25, 0.3) is 0 Å². The van der Waals surface area contributed by atoms with Crippen LogP contribution in [-0.2, 0) is 16.6 Å². The average molecular weight is 290 g/mol. The first-order chi connectivity index (χ1) is 9.74. The number of anilines is 1. The molecular formula is C14H18N4OS. The van der Waals surface area contributed by atoms with Gasteiger partial charge in [0.1, 0.15) is 0 Å². The normalized spacial score (nSPS) is 17.4. The number of nitrogens with zero attached hydrogens (tertiary/aromatic N) is 3. The average Bonchev–Trinajstić information content (AvgIpc) is 3.09. The Bertz CT molecular complexity index is 619. The summed E-state index contributed by atoms with van der Waals surface area (Å²) in [5.41, 5.74) is 7.13. The highest BCUT2D eigenvalue weighted by molar-refractivity contribution is 7.84. The zero-order valence-electron chi connectivity index (χ0n) is 11.2. The van der Waals surface area contributed by atoms with Crippen molar-refractivity contribution in [2.75, 3.05) is 5.73 Å². The molecule has 1 unspecified atom stereocenters. The summed E-state index contributed by atoms with van der Waals surface area (Å²) in [7, 11) is -1.17. The SMILES string of the molecule is Nc1cnccc1S(=O)Cc1ccn(C2CCCC2)n1. The van der Waals surface area contributed by atoms with Gasteiger partial charge in [-0.3, -0.25) is 13.9 Å². The van der Waals surface area contributed by atoms with Crippen LogP contribution in [0, 0.1) is 0 Å². The summed E-state index contributed by atoms with van der Waals surface area (Å²) >= 11 is 0. The third-order valence-electron chi connectivity index (χ3n) is 3.70. The lowest BCUT2D eigenvalue weighted by Gasteiger charge is -2.08. The fourth-order valence-corrected chi connectivity index (χ4v) is 3.75. The highest BCUT2D eigenvalue weighted by Gasteiger charge is 2.18. The van der Waals surface area contributed by atoms with Gasteiger partial charge in [0, 0.05) is 12.4 Å². The Morgan fingerprint density at radius 3 is 2.90 bits per heavy atom. The molecule has 6 heteroatoms. The van der Waals surface area contributed by atoms with Crippen molar-refractivity contribution in [3.05, 3.63) is 36.4 Å². The third-order valence-corrected chi connectivity index (χ3v) is 5.12. The Morgan fingerprint density at radius 2 is 2.15 bits per heavy atom. The largest absolute Gasteiger partial charge is 0.396 e. The second kappa shape index (κ2) is 5.75. The number of rotatable bonds is 4. The summed E-state index contributed by atoms with van der Waals surface area (Å²) in [5.74, 6) is 0.397. The van der Waals surface area contributed by atoms with Crippen molar-refractivity contribution in [2.45, 2.75) is 42.4 Å². The molecule has 2 aromatic heterocycles. The van der Waals surface area contributed by atoms with Gasteiger partial charge >= 0.3 is 0 Å². The Labute approximate surface area is 120 Å². The Kier molecular flexibility index (Phi) is 3.82. The quantitative estimate of drug-likeness (QED) is 0.937. The van der Waals surface area contributed by atoms with E-state index in [0.717, 1.165) is 5.69 Å². The molecule has 20 heavy (non-hydrogen) atoms. The fraction of sp³-hybridized carbons (Fsp3) is 0.429. The van der Waals surface area contributed by atoms with Crippen molar-refractivity contribution in [3.63, 3.8) is 0 Å². The number of aromatic nitrogens is 3. The Hall–Kier alpha value is -1.69. The maximum absolute atomic E-state index is 12.3. The van der Waals surface area contributed by atoms with Crippen LogP contribution >= 0.6 is 0 Å². The van der Waals surface area contributed by atoms with E-state index in [1.54, 1.807) is 12.3 Å². The smallest absolute Gasteiger partial charge is 0.0753 e. The first-order valence-corrected chi connectivity index (χ1v) is 8.18. The zero-order chi connectivity index (χ0) is 13.9. The van der Waals surface area contributed by atoms with Crippen LogP contribution in [0.2, 0.25) is 0 Å². The molecule has 0 radical (unpaired) electrons. The van der Waals surface area contributed by atoms with Crippen LogP contribution in [0.25, 0.3) is 0 Å². The summed E-state index contributed by atoms with van der Waals surface area (Å²) < 4.78 is 14.3. The molecule has 3 rings (SSSR count). The molecule has 5 nitrogen and oxygen atoms in total. The van der Waals surface area contributed by atoms with Crippen molar-refractivity contribution < 1.29 is 4.21 Å². The van der Waals surface area contributed by atoms with Gasteiger partial charge < -0.3 is 5.73 Å². The van der Waals surface area contributed by atoms with Crippen molar-refractivity contribution in [2.24, 2.45) is 0 Å². The molecule has 0 saturated heterocycles. The number of pyridine rings is 1. The van der Waals surface area contributed by atoms with Crippen LogP contribution in [0.4, 0.5) is 5.69 Å². The highest BCUT2D eigenvalue weighted by Crippen LogP contribution is 2.29. The van der Waals surface area contributed by atoms with E-state index in [0.29, 0.717) is 22.4 Å². The number of nitrogen functional groups attached to an aromatic ring is 1. The van der Waals surface area contributed by atoms with E-state index in [2.05, 4.69) is 10.1 Å². The molecular weight excluding hydrogens is 272 g/mol. The Morgan fingerprint density at radius 1 is 1.35 bits per heavy atom. The van der Waals surface area contributed by atoms with Gasteiger partial charge in [-0.2, -0.15) is 5.10 Å². The summed E-state index contributed by atoms with van der Waals surface area (Å²) in [6.45, 7) is 0. The van der Waals surface area contributed by atoms with Crippen LogP contribution in [0.5, 0.6) is 0 Å². The lowest BCUT2D eigenvalue weighted by molar-refractivity contribution is 0.464. The molecule has 1 aliphatic carbocycles. The number of hydrogen-bond donors (Lipinski definition) is 1. The molecule has 1 aliphatic rings. The topological polar surface area (TPSA) is 73.8 Å². The lowest BCUT2D eigenvalue weighted by atomic mass is 10.3. The van der Waals surface area contributed by atoms with Gasteiger partial charge in [0.15, 0.2) is 0 Å². The van der Waals surface area contributed by atoms with Gasteiger partial charge in [-0.25, -0.2) is 0 Å². The molecule has 1 fully saturated rings. The van der Waals surface area contributed by atoms with Gasteiger partial charge in [-0.1, -0.05) is 12.8 Å². The van der Waals surface area contributed by atoms with E-state index in [1.807, 2.05) is 16.9 Å². The minimum absolute atomic E-state index is 0.397. The first kappa shape index (κ1) is 13.3. The standard InChI is InChI=1S/C14H18N4OS/c15-13-9-16-7-5-14(13)20(19)10-11-6-8-18(17-11)12-3-1-2-4-12/h5-9,12H,1-4,10,15H2. The second-order valence-corrected chi connectivity index (χ2v) is 6.55. The van der Waals surface area contributed by atoms with E-state index in [1.165, 1.54) is 31.9 Å². The molecule has 0 aliphatic heterocycles. The summed E-state index contributed by atoms with van der Waals surface area (Å²) in [6.07, 6.45) is 10.1. The van der Waals surface area contributed by atoms with Crippen molar-refractivity contribution in [3.8, 4) is 0 Å². The van der Waals surface area contributed by atoms with Crippen LogP contribution in [0.3, 0.4) is 0 Å². The molecule has 0 amide bonds. The molecule has 0 spiro atoms. The first-order valence-electron chi connectivity index (χ1n) is 6.86. The van der Waals surface area contributed by atoms with Crippen LogP contribution in [0.15, 0.2) is 35.6 Å². The maximum atomic E-state index is 12.3. The maximum Gasteiger partial charge on any atom is 0.0753 e. The van der Waals surface area contributed by atoms with Gasteiger partial charge in [-0.05, 0) is 25.0 Å². The monoisotopic (exact) mass is 290 g/mol. The van der Waals surface area contributed by atoms with E-state index in [9.17, 15) is 4.21 Å². The molecule has 2 N–H and O–H groups in total. The van der Waals surface area contributed by atoms with Gasteiger partial charge in [0.2, 0.25) is 0 Å². The van der Waals surface area contributed by atoms with E-state index in [4.69, 9.17) is 5.73 Å². The minimum atomic E-state index is -1.17. The van der Waals surface area contributed by atoms with Gasteiger partial charge in [-0.15, -0.1) is 0 Å². The van der Waals surface area contributed by atoms with Crippen molar-refractivity contribution >= 4 is 16.5 Å². The third kappa shape index (κ3) is 2.75. The van der Waals surface area contributed by atoms with E-state index in [-0.39, 0.29) is 0 Å². The number of hydrogen-bond acceptors (Lipinski definition) is 4. The van der Waals surface area contributed by atoms with Crippen molar-refractivity contribution in [1.29, 1.82) is 0 Å².